The number of carbonyl (C=O) groups excluding carboxylic acids is 1. The van der Waals surface area contributed by atoms with Gasteiger partial charge in [-0.1, -0.05) is 6.07 Å². The van der Waals surface area contributed by atoms with Gasteiger partial charge in [-0.3, -0.25) is 4.79 Å². The summed E-state index contributed by atoms with van der Waals surface area (Å²) in [7, 11) is 0. The van der Waals surface area contributed by atoms with E-state index in [9.17, 15) is 9.59 Å². The number of nitrogens with one attached hydrogen (secondary N) is 1. The lowest BCUT2D eigenvalue weighted by molar-refractivity contribution is -0.138. The van der Waals surface area contributed by atoms with Crippen LogP contribution in [0.3, 0.4) is 0 Å². The van der Waals surface area contributed by atoms with Crippen molar-refractivity contribution in [1.29, 1.82) is 0 Å². The zero-order valence-electron chi connectivity index (χ0n) is 10.8. The third kappa shape index (κ3) is 3.48. The number of aliphatic carboxylic acids is 1. The van der Waals surface area contributed by atoms with Crippen LogP contribution in [-0.4, -0.2) is 29.6 Å². The molecule has 0 aliphatic rings. The Balaban J connectivity index is 2.99. The van der Waals surface area contributed by atoms with Gasteiger partial charge in [0, 0.05) is 24.8 Å². The van der Waals surface area contributed by atoms with Crippen LogP contribution in [0.25, 0.3) is 0 Å². The van der Waals surface area contributed by atoms with E-state index < -0.39 is 12.0 Å². The molecule has 0 saturated carbocycles. The summed E-state index contributed by atoms with van der Waals surface area (Å²) in [4.78, 5) is 23.8. The average molecular weight is 250 g/mol. The van der Waals surface area contributed by atoms with Crippen LogP contribution in [0.15, 0.2) is 24.3 Å². The third-order valence-corrected chi connectivity index (χ3v) is 2.66. The fourth-order valence-electron chi connectivity index (χ4n) is 1.78. The molecule has 0 fully saturated rings. The Morgan fingerprint density at radius 2 is 2.11 bits per heavy atom. The number of carboxylic acids is 1. The van der Waals surface area contributed by atoms with Crippen LogP contribution in [0.4, 0.5) is 11.4 Å². The molecule has 18 heavy (non-hydrogen) atoms. The highest BCUT2D eigenvalue weighted by Crippen LogP contribution is 2.21. The van der Waals surface area contributed by atoms with Gasteiger partial charge < -0.3 is 15.3 Å². The predicted octanol–water partition coefficient (Wildman–Crippen LogP) is 1.94. The summed E-state index contributed by atoms with van der Waals surface area (Å²) in [6.07, 6.45) is 0. The van der Waals surface area contributed by atoms with Gasteiger partial charge in [0.25, 0.3) is 0 Å². The highest BCUT2D eigenvalue weighted by molar-refractivity contribution is 5.89. The minimum atomic E-state index is -0.873. The summed E-state index contributed by atoms with van der Waals surface area (Å²) < 4.78 is 0. The standard InChI is InChI=1S/C13H18N2O3/c1-4-15(9(2)13(17)18)12-7-5-6-11(8-12)14-10(3)16/h5-9H,4H2,1-3H3,(H,14,16)(H,17,18). The Labute approximate surface area is 106 Å². The zero-order valence-corrected chi connectivity index (χ0v) is 10.8. The Bertz CT molecular complexity index is 446. The molecule has 0 radical (unpaired) electrons. The number of benzene rings is 1. The number of nitrogens with zero attached hydrogens (tertiary/aromatic N) is 1. The fourth-order valence-corrected chi connectivity index (χ4v) is 1.78. The highest BCUT2D eigenvalue weighted by atomic mass is 16.4. The molecule has 98 valence electrons. The molecule has 1 unspecified atom stereocenters. The summed E-state index contributed by atoms with van der Waals surface area (Å²) in [5.74, 6) is -1.02. The first-order valence-corrected chi connectivity index (χ1v) is 5.82. The van der Waals surface area contributed by atoms with Crippen molar-refractivity contribution >= 4 is 23.3 Å². The van der Waals surface area contributed by atoms with Crippen molar-refractivity contribution in [3.8, 4) is 0 Å². The summed E-state index contributed by atoms with van der Waals surface area (Å²) in [5.41, 5.74) is 1.44. The highest BCUT2D eigenvalue weighted by Gasteiger charge is 2.19. The van der Waals surface area contributed by atoms with E-state index in [1.165, 1.54) is 6.92 Å². The molecule has 0 saturated heterocycles. The summed E-state index contributed by atoms with van der Waals surface area (Å²) in [5, 5.41) is 11.7. The fraction of sp³-hybridized carbons (Fsp3) is 0.385. The maximum atomic E-state index is 11.0. The second-order valence-corrected chi connectivity index (χ2v) is 4.03. The lowest BCUT2D eigenvalue weighted by atomic mass is 10.2. The number of amides is 1. The molecular weight excluding hydrogens is 232 g/mol. The summed E-state index contributed by atoms with van der Waals surface area (Å²) >= 11 is 0. The van der Waals surface area contributed by atoms with Crippen molar-refractivity contribution in [2.45, 2.75) is 26.8 Å². The molecular formula is C13H18N2O3. The lowest BCUT2D eigenvalue weighted by Crippen LogP contribution is -2.38. The first-order valence-electron chi connectivity index (χ1n) is 5.82. The maximum absolute atomic E-state index is 11.0. The van der Waals surface area contributed by atoms with E-state index in [1.54, 1.807) is 30.0 Å². The van der Waals surface area contributed by atoms with Gasteiger partial charge in [0.05, 0.1) is 0 Å². The zero-order chi connectivity index (χ0) is 13.7. The Morgan fingerprint density at radius 1 is 1.44 bits per heavy atom. The molecule has 5 heteroatoms. The number of likely N-dealkylation sites (N-methyl/N-ethyl adjacent to an activating group) is 1. The monoisotopic (exact) mass is 250 g/mol. The van der Waals surface area contributed by atoms with Gasteiger partial charge >= 0.3 is 5.97 Å². The molecule has 0 spiro atoms. The van der Waals surface area contributed by atoms with Crippen LogP contribution in [0.1, 0.15) is 20.8 Å². The first kappa shape index (κ1) is 14.0. The topological polar surface area (TPSA) is 69.6 Å². The number of carboxylic acid groups (broad SMARTS) is 1. The quantitative estimate of drug-likeness (QED) is 0.838. The largest absolute Gasteiger partial charge is 0.480 e. The molecule has 0 aliphatic heterocycles. The molecule has 2 N–H and O–H groups in total. The van der Waals surface area contributed by atoms with Gasteiger partial charge in [0.2, 0.25) is 5.91 Å². The van der Waals surface area contributed by atoms with E-state index in [1.807, 2.05) is 13.0 Å². The second kappa shape index (κ2) is 6.05. The second-order valence-electron chi connectivity index (χ2n) is 4.03. The molecule has 0 aliphatic carbocycles. The van der Waals surface area contributed by atoms with E-state index in [2.05, 4.69) is 5.32 Å². The third-order valence-electron chi connectivity index (χ3n) is 2.66. The van der Waals surface area contributed by atoms with Crippen molar-refractivity contribution in [3.63, 3.8) is 0 Å². The number of rotatable bonds is 5. The molecule has 1 rings (SSSR count). The van der Waals surface area contributed by atoms with Crippen molar-refractivity contribution < 1.29 is 14.7 Å². The molecule has 0 aromatic heterocycles. The van der Waals surface area contributed by atoms with E-state index in [4.69, 9.17) is 5.11 Å². The van der Waals surface area contributed by atoms with Crippen molar-refractivity contribution in [2.24, 2.45) is 0 Å². The molecule has 5 nitrogen and oxygen atoms in total. The Morgan fingerprint density at radius 3 is 2.61 bits per heavy atom. The maximum Gasteiger partial charge on any atom is 0.326 e. The minimum absolute atomic E-state index is 0.151. The van der Waals surface area contributed by atoms with Crippen LogP contribution in [0.5, 0.6) is 0 Å². The minimum Gasteiger partial charge on any atom is -0.480 e. The van der Waals surface area contributed by atoms with Crippen LogP contribution >= 0.6 is 0 Å². The van der Waals surface area contributed by atoms with Gasteiger partial charge in [0.15, 0.2) is 0 Å². The Hall–Kier alpha value is -2.04. The van der Waals surface area contributed by atoms with Crippen LogP contribution in [0, 0.1) is 0 Å². The lowest BCUT2D eigenvalue weighted by Gasteiger charge is -2.27. The summed E-state index contributed by atoms with van der Waals surface area (Å²) in [6, 6.07) is 6.54. The Kier molecular flexibility index (Phi) is 4.71. The molecule has 0 heterocycles. The molecule has 1 aromatic carbocycles. The summed E-state index contributed by atoms with van der Waals surface area (Å²) in [6.45, 7) is 5.54. The number of anilines is 2. The van der Waals surface area contributed by atoms with Crippen molar-refractivity contribution in [1.82, 2.24) is 0 Å². The molecule has 1 atom stereocenters. The van der Waals surface area contributed by atoms with Crippen LogP contribution < -0.4 is 10.2 Å². The van der Waals surface area contributed by atoms with Crippen molar-refractivity contribution in [3.05, 3.63) is 24.3 Å². The normalized spacial score (nSPS) is 11.7. The van der Waals surface area contributed by atoms with Crippen LogP contribution in [-0.2, 0) is 9.59 Å². The molecule has 0 bridgehead atoms. The van der Waals surface area contributed by atoms with E-state index >= 15 is 0 Å². The SMILES string of the molecule is CCN(c1cccc(NC(C)=O)c1)C(C)C(=O)O. The van der Waals surface area contributed by atoms with E-state index in [0.717, 1.165) is 5.69 Å². The van der Waals surface area contributed by atoms with E-state index in [-0.39, 0.29) is 5.91 Å². The first-order chi connectivity index (χ1) is 8.45. The number of hydrogen-bond donors (Lipinski definition) is 2. The van der Waals surface area contributed by atoms with Gasteiger partial charge in [0.1, 0.15) is 6.04 Å². The van der Waals surface area contributed by atoms with E-state index in [0.29, 0.717) is 12.2 Å². The molecule has 1 amide bonds. The average Bonchev–Trinajstić information content (AvgIpc) is 2.29. The van der Waals surface area contributed by atoms with Gasteiger partial charge in [-0.05, 0) is 32.0 Å². The molecule has 1 aromatic rings. The van der Waals surface area contributed by atoms with Crippen LogP contribution in [0.2, 0.25) is 0 Å². The number of hydrogen-bond acceptors (Lipinski definition) is 3. The van der Waals surface area contributed by atoms with Gasteiger partial charge in [-0.2, -0.15) is 0 Å². The van der Waals surface area contributed by atoms with Gasteiger partial charge in [-0.25, -0.2) is 4.79 Å². The smallest absolute Gasteiger partial charge is 0.326 e. The van der Waals surface area contributed by atoms with Gasteiger partial charge in [-0.15, -0.1) is 0 Å². The predicted molar refractivity (Wildman–Crippen MR) is 70.9 cm³/mol. The van der Waals surface area contributed by atoms with Crippen molar-refractivity contribution in [2.75, 3.05) is 16.8 Å². The number of carbonyl (C=O) groups is 2.